The number of halogens is 1. The van der Waals surface area contributed by atoms with E-state index in [2.05, 4.69) is 5.32 Å². The maximum Gasteiger partial charge on any atom is 0.264 e. The summed E-state index contributed by atoms with van der Waals surface area (Å²) in [6.45, 7) is 1.49. The molecule has 174 valence electrons. The minimum atomic E-state index is -4.01. The first kappa shape index (κ1) is 24.4. The number of nitrogens with zero attached hydrogens (tertiary/aromatic N) is 1. The Labute approximate surface area is 198 Å². The van der Waals surface area contributed by atoms with Gasteiger partial charge in [-0.15, -0.1) is 0 Å². The summed E-state index contributed by atoms with van der Waals surface area (Å²) in [7, 11) is -0.946. The zero-order chi connectivity index (χ0) is 24.0. The first-order valence-corrected chi connectivity index (χ1v) is 11.9. The predicted octanol–water partition coefficient (Wildman–Crippen LogP) is 4.18. The van der Waals surface area contributed by atoms with Gasteiger partial charge in [0.1, 0.15) is 6.54 Å². The first-order valence-electron chi connectivity index (χ1n) is 10.1. The molecule has 0 aliphatic heterocycles. The minimum Gasteiger partial charge on any atom is -0.493 e. The first-order chi connectivity index (χ1) is 15.8. The van der Waals surface area contributed by atoms with Crippen molar-refractivity contribution in [3.8, 4) is 11.5 Å². The van der Waals surface area contributed by atoms with Crippen molar-refractivity contribution < 1.29 is 22.7 Å². The zero-order valence-electron chi connectivity index (χ0n) is 18.5. The molecule has 0 bridgehead atoms. The number of ether oxygens (including phenoxy) is 2. The zero-order valence-corrected chi connectivity index (χ0v) is 20.1. The van der Waals surface area contributed by atoms with E-state index in [1.54, 1.807) is 68.6 Å². The van der Waals surface area contributed by atoms with Gasteiger partial charge in [0.2, 0.25) is 5.91 Å². The summed E-state index contributed by atoms with van der Waals surface area (Å²) < 4.78 is 38.5. The molecule has 9 heteroatoms. The summed E-state index contributed by atoms with van der Waals surface area (Å²) in [5.74, 6) is 0.639. The van der Waals surface area contributed by atoms with Gasteiger partial charge in [-0.2, -0.15) is 0 Å². The molecule has 0 aromatic heterocycles. The topological polar surface area (TPSA) is 84.9 Å². The third-order valence-electron chi connectivity index (χ3n) is 5.06. The Kier molecular flexibility index (Phi) is 7.84. The van der Waals surface area contributed by atoms with E-state index >= 15 is 0 Å². The van der Waals surface area contributed by atoms with Crippen molar-refractivity contribution >= 4 is 33.2 Å². The number of benzene rings is 3. The van der Waals surface area contributed by atoms with E-state index in [9.17, 15) is 13.2 Å². The summed E-state index contributed by atoms with van der Waals surface area (Å²) in [5, 5.41) is 3.18. The van der Waals surface area contributed by atoms with Gasteiger partial charge >= 0.3 is 0 Å². The fraction of sp³-hybridized carbons (Fsp3) is 0.208. The Hall–Kier alpha value is -3.23. The number of carbonyl (C=O) groups is 1. The number of hydrogen-bond acceptors (Lipinski definition) is 5. The van der Waals surface area contributed by atoms with Gasteiger partial charge in [0.25, 0.3) is 10.0 Å². The van der Waals surface area contributed by atoms with Crippen LogP contribution < -0.4 is 19.1 Å². The molecule has 3 rings (SSSR count). The number of carbonyl (C=O) groups excluding carboxylic acids is 1. The van der Waals surface area contributed by atoms with Crippen LogP contribution in [-0.2, 0) is 21.4 Å². The highest BCUT2D eigenvalue weighted by atomic mass is 35.5. The van der Waals surface area contributed by atoms with Crippen LogP contribution in [-0.4, -0.2) is 35.1 Å². The Morgan fingerprint density at radius 1 is 0.970 bits per heavy atom. The Morgan fingerprint density at radius 2 is 1.67 bits per heavy atom. The Balaban J connectivity index is 1.86. The molecule has 0 unspecified atom stereocenters. The van der Waals surface area contributed by atoms with Crippen LogP contribution in [0.5, 0.6) is 11.5 Å². The lowest BCUT2D eigenvalue weighted by atomic mass is 10.2. The van der Waals surface area contributed by atoms with Gasteiger partial charge in [-0.25, -0.2) is 8.42 Å². The molecule has 1 amide bonds. The van der Waals surface area contributed by atoms with E-state index in [1.807, 2.05) is 0 Å². The maximum absolute atomic E-state index is 13.4. The standard InChI is InChI=1S/C24H25ClN2O5S/c1-17-20(25)10-7-11-21(17)27(33(29,30)19-8-5-4-6-9-19)16-24(28)26-15-18-12-13-22(31-2)23(14-18)32-3/h4-14H,15-16H2,1-3H3,(H,26,28). The highest BCUT2D eigenvalue weighted by Crippen LogP contribution is 2.31. The molecule has 3 aromatic rings. The molecule has 0 saturated carbocycles. The van der Waals surface area contributed by atoms with Crippen LogP contribution in [0.1, 0.15) is 11.1 Å². The van der Waals surface area contributed by atoms with E-state index < -0.39 is 22.5 Å². The molecule has 0 radical (unpaired) electrons. The largest absolute Gasteiger partial charge is 0.493 e. The molecule has 0 aliphatic rings. The average Bonchev–Trinajstić information content (AvgIpc) is 2.83. The Morgan fingerprint density at radius 3 is 2.33 bits per heavy atom. The third kappa shape index (κ3) is 5.58. The monoisotopic (exact) mass is 488 g/mol. The van der Waals surface area contributed by atoms with Crippen LogP contribution in [0.15, 0.2) is 71.6 Å². The summed E-state index contributed by atoms with van der Waals surface area (Å²) >= 11 is 6.24. The summed E-state index contributed by atoms with van der Waals surface area (Å²) in [6.07, 6.45) is 0. The predicted molar refractivity (Wildman–Crippen MR) is 129 cm³/mol. The quantitative estimate of drug-likeness (QED) is 0.488. The normalized spacial score (nSPS) is 11.0. The number of amides is 1. The van der Waals surface area contributed by atoms with E-state index in [4.69, 9.17) is 21.1 Å². The van der Waals surface area contributed by atoms with E-state index in [1.165, 1.54) is 19.2 Å². The number of sulfonamides is 1. The fourth-order valence-electron chi connectivity index (χ4n) is 3.26. The van der Waals surface area contributed by atoms with Gasteiger partial charge in [-0.05, 0) is 54.4 Å². The van der Waals surface area contributed by atoms with Crippen LogP contribution in [0.25, 0.3) is 0 Å². The molecule has 0 fully saturated rings. The summed E-state index contributed by atoms with van der Waals surface area (Å²) in [4.78, 5) is 12.9. The van der Waals surface area contributed by atoms with E-state index in [-0.39, 0.29) is 11.4 Å². The Bertz CT molecular complexity index is 1230. The second-order valence-electron chi connectivity index (χ2n) is 7.17. The molecule has 0 aliphatic carbocycles. The van der Waals surface area contributed by atoms with Gasteiger partial charge < -0.3 is 14.8 Å². The number of methoxy groups -OCH3 is 2. The minimum absolute atomic E-state index is 0.0806. The number of nitrogens with one attached hydrogen (secondary N) is 1. The second-order valence-corrected chi connectivity index (χ2v) is 9.44. The molecule has 33 heavy (non-hydrogen) atoms. The van der Waals surface area contributed by atoms with Crippen LogP contribution in [0, 0.1) is 6.92 Å². The molecule has 0 saturated heterocycles. The molecule has 0 spiro atoms. The van der Waals surface area contributed by atoms with Crippen molar-refractivity contribution in [1.82, 2.24) is 5.32 Å². The average molecular weight is 489 g/mol. The third-order valence-corrected chi connectivity index (χ3v) is 7.25. The molecule has 0 atom stereocenters. The molecule has 3 aromatic carbocycles. The van der Waals surface area contributed by atoms with Crippen molar-refractivity contribution in [2.45, 2.75) is 18.4 Å². The van der Waals surface area contributed by atoms with E-state index in [0.29, 0.717) is 27.8 Å². The SMILES string of the molecule is COc1ccc(CNC(=O)CN(c2cccc(Cl)c2C)S(=O)(=O)c2ccccc2)cc1OC. The highest BCUT2D eigenvalue weighted by molar-refractivity contribution is 7.92. The van der Waals surface area contributed by atoms with Crippen LogP contribution >= 0.6 is 11.6 Å². The van der Waals surface area contributed by atoms with Gasteiger partial charge in [0.15, 0.2) is 11.5 Å². The van der Waals surface area contributed by atoms with Gasteiger partial charge in [-0.1, -0.05) is 41.9 Å². The number of rotatable bonds is 9. The summed E-state index contributed by atoms with van der Waals surface area (Å²) in [5.41, 5.74) is 1.68. The molecular weight excluding hydrogens is 464 g/mol. The van der Waals surface area contributed by atoms with Gasteiger partial charge in [0.05, 0.1) is 24.8 Å². The lowest BCUT2D eigenvalue weighted by Gasteiger charge is -2.26. The van der Waals surface area contributed by atoms with Crippen LogP contribution in [0.4, 0.5) is 5.69 Å². The molecular formula is C24H25ClN2O5S. The van der Waals surface area contributed by atoms with Crippen molar-refractivity contribution in [2.75, 3.05) is 25.1 Å². The second kappa shape index (κ2) is 10.6. The van der Waals surface area contributed by atoms with E-state index in [0.717, 1.165) is 9.87 Å². The lowest BCUT2D eigenvalue weighted by Crippen LogP contribution is -2.41. The summed E-state index contributed by atoms with van der Waals surface area (Å²) in [6, 6.07) is 18.2. The lowest BCUT2D eigenvalue weighted by molar-refractivity contribution is -0.119. The highest BCUT2D eigenvalue weighted by Gasteiger charge is 2.28. The van der Waals surface area contributed by atoms with Crippen LogP contribution in [0.3, 0.4) is 0 Å². The smallest absolute Gasteiger partial charge is 0.264 e. The fourth-order valence-corrected chi connectivity index (χ4v) is 4.93. The van der Waals surface area contributed by atoms with Crippen molar-refractivity contribution in [2.24, 2.45) is 0 Å². The maximum atomic E-state index is 13.4. The van der Waals surface area contributed by atoms with Crippen molar-refractivity contribution in [1.29, 1.82) is 0 Å². The number of hydrogen-bond donors (Lipinski definition) is 1. The molecule has 1 N–H and O–H groups in total. The van der Waals surface area contributed by atoms with Crippen LogP contribution in [0.2, 0.25) is 5.02 Å². The van der Waals surface area contributed by atoms with Gasteiger partial charge in [-0.3, -0.25) is 9.10 Å². The number of anilines is 1. The molecule has 7 nitrogen and oxygen atoms in total. The van der Waals surface area contributed by atoms with Crippen molar-refractivity contribution in [3.05, 3.63) is 82.9 Å². The van der Waals surface area contributed by atoms with Gasteiger partial charge in [0, 0.05) is 11.6 Å². The molecule has 0 heterocycles. The van der Waals surface area contributed by atoms with Crippen molar-refractivity contribution in [3.63, 3.8) is 0 Å².